The van der Waals surface area contributed by atoms with Gasteiger partial charge in [0.25, 0.3) is 0 Å². The monoisotopic (exact) mass is 907 g/mol. The molecule has 0 spiro atoms. The van der Waals surface area contributed by atoms with Gasteiger partial charge in [0.2, 0.25) is 0 Å². The minimum absolute atomic E-state index is 0.490. The van der Waals surface area contributed by atoms with Gasteiger partial charge in [-0.3, -0.25) is 0 Å². The maximum Gasteiger partial charge on any atom is 0.0720 e. The molecule has 0 N–H and O–H groups in total. The fraction of sp³-hybridized carbons (Fsp3) is 0.0294. The molecule has 2 aliphatic carbocycles. The Morgan fingerprint density at radius 1 is 0.271 bits per heavy atom. The first-order valence-electron chi connectivity index (χ1n) is 24.2. The first-order chi connectivity index (χ1) is 34.7. The third-order valence-electron chi connectivity index (χ3n) is 15.2. The molecule has 2 atom stereocenters. The van der Waals surface area contributed by atoms with Crippen molar-refractivity contribution in [2.75, 3.05) is 4.90 Å². The quantitative estimate of drug-likeness (QED) is 0.147. The highest BCUT2D eigenvalue weighted by Gasteiger charge is 2.57. The number of hydrogen-bond acceptors (Lipinski definition) is 2. The SMILES string of the molecule is c1ccc(-c2ccc(N(c3ccc(-c4cccc5c4sc4ccccc45)cc3)c3ccc(C4(c5ccccc5)c5ccccc5C5(c6ccccc6)c6ccccc6-c6cccc4c65)cc3)cc2)cc1. The van der Waals surface area contributed by atoms with Crippen molar-refractivity contribution in [1.29, 1.82) is 0 Å². The number of hydrogen-bond donors (Lipinski definition) is 0. The summed E-state index contributed by atoms with van der Waals surface area (Å²) < 4.78 is 2.64. The standard InChI is InChI=1S/C68H45NS/c1-4-18-46(19-5-1)47-34-40-52(41-35-47)69(53-42-36-48(37-43-53)55-26-16-28-59-57-25-11-15-33-64(57)70-66(55)59)54-44-38-51(39-45-54)67(49-20-6-2-7-21-49)61-30-13-14-31-62(61)68(50-22-8-3-9-23-50)60-29-12-10-24-56(60)58-27-17-32-63(67)65(58)68/h1-45H. The highest BCUT2D eigenvalue weighted by atomic mass is 32.1. The summed E-state index contributed by atoms with van der Waals surface area (Å²) in [7, 11) is 0. The van der Waals surface area contributed by atoms with Crippen LogP contribution < -0.4 is 4.90 Å². The van der Waals surface area contributed by atoms with Gasteiger partial charge in [0.1, 0.15) is 0 Å². The summed E-state index contributed by atoms with van der Waals surface area (Å²) in [4.78, 5) is 2.41. The summed E-state index contributed by atoms with van der Waals surface area (Å²) in [6, 6.07) is 102. The third kappa shape index (κ3) is 5.84. The summed E-state index contributed by atoms with van der Waals surface area (Å²) in [5, 5.41) is 2.63. The lowest BCUT2D eigenvalue weighted by Gasteiger charge is -2.49. The van der Waals surface area contributed by atoms with Crippen LogP contribution in [0.25, 0.3) is 53.6 Å². The first kappa shape index (κ1) is 40.5. The molecule has 11 aromatic carbocycles. The van der Waals surface area contributed by atoms with Crippen molar-refractivity contribution in [3.8, 4) is 33.4 Å². The van der Waals surface area contributed by atoms with Crippen LogP contribution in [0, 0.1) is 0 Å². The Hall–Kier alpha value is -8.56. The molecule has 328 valence electrons. The second-order valence-electron chi connectivity index (χ2n) is 18.7. The fourth-order valence-corrected chi connectivity index (χ4v) is 13.6. The van der Waals surface area contributed by atoms with Crippen molar-refractivity contribution < 1.29 is 0 Å². The van der Waals surface area contributed by atoms with Crippen LogP contribution in [0.15, 0.2) is 273 Å². The normalized spacial score (nSPS) is 16.4. The van der Waals surface area contributed by atoms with E-state index in [0.29, 0.717) is 0 Å². The molecule has 0 saturated heterocycles. The number of fused-ring (bicyclic) bond motifs is 8. The van der Waals surface area contributed by atoms with Gasteiger partial charge in [0.05, 0.1) is 10.8 Å². The number of thiophene rings is 1. The summed E-state index contributed by atoms with van der Waals surface area (Å²) in [5.74, 6) is 0. The van der Waals surface area contributed by atoms with E-state index in [1.807, 2.05) is 11.3 Å². The number of anilines is 3. The van der Waals surface area contributed by atoms with Gasteiger partial charge in [-0.1, -0.05) is 231 Å². The summed E-state index contributed by atoms with van der Waals surface area (Å²) in [5.41, 5.74) is 20.1. The zero-order valence-corrected chi connectivity index (χ0v) is 39.2. The molecule has 0 fully saturated rings. The molecule has 0 radical (unpaired) electrons. The van der Waals surface area contributed by atoms with E-state index in [1.54, 1.807) is 0 Å². The van der Waals surface area contributed by atoms with Gasteiger partial charge in [0, 0.05) is 37.2 Å². The lowest BCUT2D eigenvalue weighted by Crippen LogP contribution is -2.44. The summed E-state index contributed by atoms with van der Waals surface area (Å²) >= 11 is 1.88. The Bertz CT molecular complexity index is 3910. The van der Waals surface area contributed by atoms with E-state index in [9.17, 15) is 0 Å². The largest absolute Gasteiger partial charge is 0.311 e. The highest BCUT2D eigenvalue weighted by Crippen LogP contribution is 2.65. The third-order valence-corrected chi connectivity index (χ3v) is 16.5. The Morgan fingerprint density at radius 3 is 1.40 bits per heavy atom. The van der Waals surface area contributed by atoms with E-state index in [4.69, 9.17) is 0 Å². The number of benzene rings is 11. The molecule has 0 amide bonds. The van der Waals surface area contributed by atoms with Crippen molar-refractivity contribution in [2.45, 2.75) is 10.8 Å². The molecule has 2 heteroatoms. The molecule has 0 saturated carbocycles. The number of rotatable bonds is 8. The van der Waals surface area contributed by atoms with Gasteiger partial charge >= 0.3 is 0 Å². The van der Waals surface area contributed by atoms with Crippen molar-refractivity contribution in [3.63, 3.8) is 0 Å². The van der Waals surface area contributed by atoms with Gasteiger partial charge in [-0.15, -0.1) is 11.3 Å². The fourth-order valence-electron chi connectivity index (χ4n) is 12.4. The van der Waals surface area contributed by atoms with E-state index in [-0.39, 0.29) is 0 Å². The molecule has 0 bridgehead atoms. The van der Waals surface area contributed by atoms with Crippen LogP contribution in [0.3, 0.4) is 0 Å². The second kappa shape index (κ2) is 16.0. The topological polar surface area (TPSA) is 3.24 Å². The van der Waals surface area contributed by atoms with Crippen LogP contribution in [0.5, 0.6) is 0 Å². The molecule has 1 aromatic heterocycles. The van der Waals surface area contributed by atoms with Crippen LogP contribution in [0.1, 0.15) is 44.5 Å². The maximum atomic E-state index is 2.42. The summed E-state index contributed by atoms with van der Waals surface area (Å²) in [6.45, 7) is 0. The molecule has 70 heavy (non-hydrogen) atoms. The van der Waals surface area contributed by atoms with Crippen molar-refractivity contribution >= 4 is 48.6 Å². The predicted molar refractivity (Wildman–Crippen MR) is 294 cm³/mol. The van der Waals surface area contributed by atoms with E-state index < -0.39 is 10.8 Å². The average Bonchev–Trinajstić information content (AvgIpc) is 3.98. The van der Waals surface area contributed by atoms with Crippen LogP contribution >= 0.6 is 11.3 Å². The van der Waals surface area contributed by atoms with Crippen molar-refractivity contribution in [3.05, 3.63) is 317 Å². The lowest BCUT2D eigenvalue weighted by molar-refractivity contribution is 0.626. The van der Waals surface area contributed by atoms with E-state index in [1.165, 1.54) is 98.1 Å². The van der Waals surface area contributed by atoms with Crippen LogP contribution in [0.4, 0.5) is 17.1 Å². The van der Waals surface area contributed by atoms with E-state index in [0.717, 1.165) is 17.1 Å². The van der Waals surface area contributed by atoms with Gasteiger partial charge in [-0.2, -0.15) is 0 Å². The van der Waals surface area contributed by atoms with E-state index >= 15 is 0 Å². The van der Waals surface area contributed by atoms with Gasteiger partial charge in [-0.05, 0) is 120 Å². The zero-order valence-electron chi connectivity index (χ0n) is 38.3. The average molecular weight is 908 g/mol. The number of nitrogens with zero attached hydrogens (tertiary/aromatic N) is 1. The van der Waals surface area contributed by atoms with Gasteiger partial charge < -0.3 is 4.90 Å². The highest BCUT2D eigenvalue weighted by molar-refractivity contribution is 7.26. The van der Waals surface area contributed by atoms with Crippen LogP contribution in [0.2, 0.25) is 0 Å². The zero-order chi connectivity index (χ0) is 46.2. The predicted octanol–water partition coefficient (Wildman–Crippen LogP) is 17.9. The van der Waals surface area contributed by atoms with Crippen LogP contribution in [-0.4, -0.2) is 0 Å². The Morgan fingerprint density at radius 2 is 0.714 bits per heavy atom. The molecule has 12 aromatic rings. The smallest absolute Gasteiger partial charge is 0.0720 e. The van der Waals surface area contributed by atoms with Crippen LogP contribution in [-0.2, 0) is 10.8 Å². The molecule has 1 nitrogen and oxygen atoms in total. The minimum Gasteiger partial charge on any atom is -0.311 e. The Kier molecular flexibility index (Phi) is 9.27. The molecular weight excluding hydrogens is 863 g/mol. The Balaban J connectivity index is 0.957. The molecule has 14 rings (SSSR count). The molecular formula is C68H45NS. The molecule has 1 heterocycles. The molecule has 2 unspecified atom stereocenters. The Labute approximate surface area is 412 Å². The van der Waals surface area contributed by atoms with Gasteiger partial charge in [-0.25, -0.2) is 0 Å². The maximum absolute atomic E-state index is 2.42. The second-order valence-corrected chi connectivity index (χ2v) is 19.7. The first-order valence-corrected chi connectivity index (χ1v) is 25.1. The van der Waals surface area contributed by atoms with Crippen molar-refractivity contribution in [2.24, 2.45) is 0 Å². The lowest BCUT2D eigenvalue weighted by atomic mass is 9.52. The van der Waals surface area contributed by atoms with Crippen molar-refractivity contribution in [1.82, 2.24) is 0 Å². The minimum atomic E-state index is -0.626. The van der Waals surface area contributed by atoms with E-state index in [2.05, 4.69) is 278 Å². The van der Waals surface area contributed by atoms with Gasteiger partial charge in [0.15, 0.2) is 0 Å². The molecule has 0 aliphatic heterocycles. The molecule has 2 aliphatic rings. The summed E-state index contributed by atoms with van der Waals surface area (Å²) in [6.07, 6.45) is 0.